The maximum atomic E-state index is 12.6. The number of carbonyl (C=O) groups excluding carboxylic acids is 2. The predicted octanol–water partition coefficient (Wildman–Crippen LogP) is 9.53. The van der Waals surface area contributed by atoms with E-state index in [4.69, 9.17) is 23.8 Å². The Morgan fingerprint density at radius 3 is 1.58 bits per heavy atom. The van der Waals surface area contributed by atoms with Gasteiger partial charge in [-0.3, -0.25) is 23.2 Å². The zero-order valence-corrected chi connectivity index (χ0v) is 37.4. The number of aliphatic hydroxyl groups excluding tert-OH is 2. The van der Waals surface area contributed by atoms with Crippen LogP contribution in [0, 0.1) is 0 Å². The first-order valence-electron chi connectivity index (χ1n) is 21.0. The Kier molecular flexibility index (Phi) is 36.9. The van der Waals surface area contributed by atoms with Crippen molar-refractivity contribution in [3.63, 3.8) is 0 Å². The van der Waals surface area contributed by atoms with Crippen LogP contribution in [0.1, 0.15) is 123 Å². The first-order valence-corrected chi connectivity index (χ1v) is 24.1. The first-order chi connectivity index (χ1) is 28.8. The summed E-state index contributed by atoms with van der Waals surface area (Å²) in [5.41, 5.74) is 0. The molecule has 4 atom stereocenters. The van der Waals surface area contributed by atoms with Gasteiger partial charge in [-0.2, -0.15) is 0 Å². The van der Waals surface area contributed by atoms with Gasteiger partial charge in [-0.05, 0) is 83.5 Å². The van der Waals surface area contributed by atoms with Crippen molar-refractivity contribution >= 4 is 27.6 Å². The lowest BCUT2D eigenvalue weighted by molar-refractivity contribution is -0.161. The molecule has 14 nitrogen and oxygen atoms in total. The molecule has 0 rings (SSSR count). The van der Waals surface area contributed by atoms with Crippen molar-refractivity contribution in [2.45, 2.75) is 141 Å². The molecule has 0 amide bonds. The van der Waals surface area contributed by atoms with Gasteiger partial charge in [-0.25, -0.2) is 9.13 Å². The smallest absolute Gasteiger partial charge is 0.462 e. The van der Waals surface area contributed by atoms with Crippen LogP contribution < -0.4 is 0 Å². The second-order valence-corrected chi connectivity index (χ2v) is 16.4. The Morgan fingerprint density at radius 1 is 0.550 bits per heavy atom. The van der Waals surface area contributed by atoms with Gasteiger partial charge in [0.25, 0.3) is 0 Å². The summed E-state index contributed by atoms with van der Waals surface area (Å²) in [5, 5.41) is 19.2. The quantitative estimate of drug-likeness (QED) is 0.0128. The molecule has 0 radical (unpaired) electrons. The molecule has 16 heteroatoms. The van der Waals surface area contributed by atoms with Crippen molar-refractivity contribution in [2.75, 3.05) is 26.4 Å². The first kappa shape index (κ1) is 57.0. The number of hydrogen-bond donors (Lipinski definition) is 5. The summed E-state index contributed by atoms with van der Waals surface area (Å²) >= 11 is 0. The van der Waals surface area contributed by atoms with Gasteiger partial charge in [0.2, 0.25) is 0 Å². The topological polar surface area (TPSA) is 216 Å². The molecule has 0 bridgehead atoms. The summed E-state index contributed by atoms with van der Waals surface area (Å²) in [6, 6.07) is 0. The third-order valence-electron chi connectivity index (χ3n) is 8.10. The van der Waals surface area contributed by atoms with E-state index in [-0.39, 0.29) is 12.8 Å². The summed E-state index contributed by atoms with van der Waals surface area (Å²) < 4.78 is 47.6. The lowest BCUT2D eigenvalue weighted by Crippen LogP contribution is -2.29. The van der Waals surface area contributed by atoms with Crippen molar-refractivity contribution in [3.05, 3.63) is 97.2 Å². The summed E-state index contributed by atoms with van der Waals surface area (Å²) in [4.78, 5) is 52.6. The third kappa shape index (κ3) is 41.7. The number of rotatable bonds is 38. The molecular formula is C44H72O14P2. The van der Waals surface area contributed by atoms with Crippen molar-refractivity contribution in [1.82, 2.24) is 0 Å². The number of phosphoric ester groups is 2. The highest BCUT2D eigenvalue weighted by molar-refractivity contribution is 7.47. The van der Waals surface area contributed by atoms with Crippen molar-refractivity contribution in [1.29, 1.82) is 0 Å². The van der Waals surface area contributed by atoms with Gasteiger partial charge in [-0.1, -0.05) is 124 Å². The highest BCUT2D eigenvalue weighted by atomic mass is 31.2. The van der Waals surface area contributed by atoms with Gasteiger partial charge in [0.1, 0.15) is 12.7 Å². The fraction of sp³-hybridized carbons (Fsp3) is 0.591. The molecule has 0 aliphatic heterocycles. The molecule has 0 saturated carbocycles. The van der Waals surface area contributed by atoms with E-state index in [2.05, 4.69) is 70.7 Å². The molecule has 1 unspecified atom stereocenters. The number of hydrogen-bond acceptors (Lipinski definition) is 11. The Bertz CT molecular complexity index is 1440. The standard InChI is InChI=1S/C44H72O14P2/c1-3-5-6-7-8-9-10-11-12-16-19-22-25-28-31-34-43(47)54-38-42(39-57-60(52,53)56-37-41(46)36-55-59(49,50)51)58-44(48)35-32-29-26-23-20-17-14-13-15-18-21-24-27-30-33-40(45)4-2/h8-9,11-12,14-15,17-19,22-24,26-27,30,33,40-42,45-46H,3-7,10,13,16,20-21,25,28-29,31-32,34-39H2,1-2H3,(H,52,53)(H2,49,50,51)/b9-8-,12-11-,17-14-,18-15-,22-19-,26-23-,27-24-,33-30+/t40-,41+,42-/m1/s1. The molecule has 5 N–H and O–H groups in total. The third-order valence-corrected chi connectivity index (χ3v) is 9.54. The fourth-order valence-corrected chi connectivity index (χ4v) is 5.91. The van der Waals surface area contributed by atoms with E-state index in [1.54, 1.807) is 6.08 Å². The SMILES string of the molecule is CCCCC/C=C\C/C=C\C/C=C\CCCCC(=O)OC[C@H](COP(=O)(O)OC[C@@H](O)COP(=O)(O)O)OC(=O)CCC/C=C\C/C=C\C/C=C\C/C=C\C=C\[C@H](O)CC. The maximum absolute atomic E-state index is 12.6. The van der Waals surface area contributed by atoms with Gasteiger partial charge in [0, 0.05) is 12.8 Å². The highest BCUT2D eigenvalue weighted by Crippen LogP contribution is 2.43. The number of allylic oxidation sites excluding steroid dienone is 15. The minimum Gasteiger partial charge on any atom is -0.462 e. The van der Waals surface area contributed by atoms with Crippen LogP contribution in [0.4, 0.5) is 0 Å². The van der Waals surface area contributed by atoms with E-state index in [0.717, 1.165) is 51.4 Å². The predicted molar refractivity (Wildman–Crippen MR) is 236 cm³/mol. The monoisotopic (exact) mass is 886 g/mol. The number of unbranched alkanes of at least 4 members (excludes halogenated alkanes) is 6. The average Bonchev–Trinajstić information content (AvgIpc) is 3.21. The zero-order valence-electron chi connectivity index (χ0n) is 35.6. The van der Waals surface area contributed by atoms with Gasteiger partial charge < -0.3 is 34.4 Å². The molecule has 0 aromatic heterocycles. The number of esters is 2. The lowest BCUT2D eigenvalue weighted by atomic mass is 10.1. The van der Waals surface area contributed by atoms with Gasteiger partial charge >= 0.3 is 27.6 Å². The van der Waals surface area contributed by atoms with E-state index in [1.807, 2.05) is 43.4 Å². The summed E-state index contributed by atoms with van der Waals surface area (Å²) in [7, 11) is -9.73. The minimum absolute atomic E-state index is 0.0252. The molecule has 0 heterocycles. The number of carbonyl (C=O) groups is 2. The Balaban J connectivity index is 4.74. The average molecular weight is 887 g/mol. The highest BCUT2D eigenvalue weighted by Gasteiger charge is 2.28. The van der Waals surface area contributed by atoms with E-state index in [9.17, 15) is 33.8 Å². The molecule has 0 fully saturated rings. The number of aliphatic hydroxyl groups is 2. The van der Waals surface area contributed by atoms with E-state index >= 15 is 0 Å². The van der Waals surface area contributed by atoms with E-state index in [1.165, 1.54) is 19.3 Å². The van der Waals surface area contributed by atoms with Crippen molar-refractivity contribution < 1.29 is 66.7 Å². The lowest BCUT2D eigenvalue weighted by Gasteiger charge is -2.20. The normalized spacial score (nSPS) is 15.5. The fourth-order valence-electron chi connectivity index (χ4n) is 4.75. The minimum atomic E-state index is -4.88. The van der Waals surface area contributed by atoms with Crippen LogP contribution in [0.15, 0.2) is 97.2 Å². The molecule has 0 aromatic carbocycles. The molecule has 342 valence electrons. The molecule has 0 aliphatic rings. The van der Waals surface area contributed by atoms with Gasteiger partial charge in [0.05, 0.1) is 25.9 Å². The molecular weight excluding hydrogens is 814 g/mol. The number of phosphoric acid groups is 2. The van der Waals surface area contributed by atoms with Crippen LogP contribution in [0.3, 0.4) is 0 Å². The Hall–Kier alpha value is -3.00. The van der Waals surface area contributed by atoms with Crippen LogP contribution in [-0.4, -0.2) is 81.6 Å². The zero-order chi connectivity index (χ0) is 44.6. The van der Waals surface area contributed by atoms with E-state index in [0.29, 0.717) is 25.7 Å². The van der Waals surface area contributed by atoms with Crippen molar-refractivity contribution in [3.8, 4) is 0 Å². The molecule has 60 heavy (non-hydrogen) atoms. The van der Waals surface area contributed by atoms with Crippen LogP contribution in [-0.2, 0) is 41.8 Å². The second kappa shape index (κ2) is 38.9. The molecule has 0 aliphatic carbocycles. The van der Waals surface area contributed by atoms with Crippen LogP contribution in [0.25, 0.3) is 0 Å². The summed E-state index contributed by atoms with van der Waals surface area (Å²) in [6.07, 6.45) is 42.2. The van der Waals surface area contributed by atoms with E-state index < -0.39 is 72.3 Å². The van der Waals surface area contributed by atoms with Crippen LogP contribution in [0.5, 0.6) is 0 Å². The maximum Gasteiger partial charge on any atom is 0.472 e. The largest absolute Gasteiger partial charge is 0.472 e. The Morgan fingerprint density at radius 2 is 1.03 bits per heavy atom. The summed E-state index contributed by atoms with van der Waals surface area (Å²) in [5.74, 6) is -1.17. The van der Waals surface area contributed by atoms with Gasteiger partial charge in [-0.15, -0.1) is 0 Å². The van der Waals surface area contributed by atoms with Gasteiger partial charge in [0.15, 0.2) is 6.10 Å². The molecule has 0 aromatic rings. The molecule has 0 saturated heterocycles. The number of ether oxygens (including phenoxy) is 2. The summed E-state index contributed by atoms with van der Waals surface area (Å²) in [6.45, 7) is 1.25. The molecule has 0 spiro atoms. The van der Waals surface area contributed by atoms with Crippen LogP contribution >= 0.6 is 15.6 Å². The Labute approximate surface area is 358 Å². The van der Waals surface area contributed by atoms with Crippen molar-refractivity contribution in [2.24, 2.45) is 0 Å². The van der Waals surface area contributed by atoms with Crippen LogP contribution in [0.2, 0.25) is 0 Å². The second-order valence-electron chi connectivity index (χ2n) is 13.7.